The molecule has 0 amide bonds. The number of nitrogens with one attached hydrogen (secondary N) is 1. The van der Waals surface area contributed by atoms with Gasteiger partial charge in [-0.15, -0.1) is 0 Å². The van der Waals surface area contributed by atoms with Crippen molar-refractivity contribution in [3.63, 3.8) is 0 Å². The number of aliphatic hydroxyl groups is 1. The molecule has 1 aliphatic carbocycles. The van der Waals surface area contributed by atoms with Crippen molar-refractivity contribution in [2.24, 2.45) is 5.73 Å². The molecule has 0 aromatic carbocycles. The predicted molar refractivity (Wildman–Crippen MR) is 60.8 cm³/mol. The van der Waals surface area contributed by atoms with Crippen LogP contribution in [0, 0.1) is 0 Å². The summed E-state index contributed by atoms with van der Waals surface area (Å²) in [7, 11) is 1.78. The van der Waals surface area contributed by atoms with Crippen LogP contribution in [0.15, 0.2) is 0 Å². The normalized spacial score (nSPS) is 31.8. The SMILES string of the molecule is COC1CCC(CN)(NCCCO)CC1. The minimum atomic E-state index is 0.0875. The van der Waals surface area contributed by atoms with Crippen LogP contribution >= 0.6 is 0 Å². The summed E-state index contributed by atoms with van der Waals surface area (Å²) in [5.41, 5.74) is 5.93. The third-order valence-corrected chi connectivity index (χ3v) is 3.45. The zero-order valence-corrected chi connectivity index (χ0v) is 9.67. The summed E-state index contributed by atoms with van der Waals surface area (Å²) < 4.78 is 5.35. The molecule has 0 spiro atoms. The van der Waals surface area contributed by atoms with Crippen molar-refractivity contribution in [1.29, 1.82) is 0 Å². The molecule has 1 aliphatic rings. The van der Waals surface area contributed by atoms with E-state index in [4.69, 9.17) is 15.6 Å². The number of ether oxygens (including phenoxy) is 1. The number of hydrogen-bond acceptors (Lipinski definition) is 4. The summed E-state index contributed by atoms with van der Waals surface area (Å²) in [5, 5.41) is 12.2. The second-order valence-corrected chi connectivity index (χ2v) is 4.42. The maximum absolute atomic E-state index is 8.74. The van der Waals surface area contributed by atoms with E-state index in [0.717, 1.165) is 38.6 Å². The lowest BCUT2D eigenvalue weighted by Crippen LogP contribution is -2.54. The summed E-state index contributed by atoms with van der Waals surface area (Å²) in [6, 6.07) is 0. The number of aliphatic hydroxyl groups excluding tert-OH is 1. The van der Waals surface area contributed by atoms with Gasteiger partial charge in [-0.3, -0.25) is 0 Å². The van der Waals surface area contributed by atoms with Gasteiger partial charge in [-0.25, -0.2) is 0 Å². The van der Waals surface area contributed by atoms with Crippen LogP contribution in [0.1, 0.15) is 32.1 Å². The highest BCUT2D eigenvalue weighted by molar-refractivity contribution is 4.94. The van der Waals surface area contributed by atoms with Gasteiger partial charge in [0.05, 0.1) is 6.10 Å². The van der Waals surface area contributed by atoms with E-state index in [1.54, 1.807) is 7.11 Å². The minimum absolute atomic E-state index is 0.0875. The Balaban J connectivity index is 2.34. The van der Waals surface area contributed by atoms with Crippen LogP contribution in [0.2, 0.25) is 0 Å². The Bertz CT molecular complexity index is 162. The molecular formula is C11H24N2O2. The molecule has 1 fully saturated rings. The first kappa shape index (κ1) is 12.9. The lowest BCUT2D eigenvalue weighted by molar-refractivity contribution is 0.0429. The molecule has 0 aliphatic heterocycles. The molecule has 4 heteroatoms. The Hall–Kier alpha value is -0.160. The first-order chi connectivity index (χ1) is 7.26. The zero-order chi connectivity index (χ0) is 11.1. The molecule has 0 aromatic rings. The summed E-state index contributed by atoms with van der Waals surface area (Å²) in [6.07, 6.45) is 5.53. The van der Waals surface area contributed by atoms with E-state index in [2.05, 4.69) is 5.32 Å². The summed E-state index contributed by atoms with van der Waals surface area (Å²) in [5.74, 6) is 0. The van der Waals surface area contributed by atoms with Crippen LogP contribution in [0.25, 0.3) is 0 Å². The molecular weight excluding hydrogens is 192 g/mol. The number of methoxy groups -OCH3 is 1. The Labute approximate surface area is 92.2 Å². The molecule has 0 unspecified atom stereocenters. The number of hydrogen-bond donors (Lipinski definition) is 3. The predicted octanol–water partition coefficient (Wildman–Crippen LogP) is 0.245. The molecule has 0 heterocycles. The van der Waals surface area contributed by atoms with Crippen molar-refractivity contribution >= 4 is 0 Å². The van der Waals surface area contributed by atoms with Crippen molar-refractivity contribution in [3.05, 3.63) is 0 Å². The second kappa shape index (κ2) is 6.43. The molecule has 4 nitrogen and oxygen atoms in total. The Morgan fingerprint density at radius 1 is 1.47 bits per heavy atom. The van der Waals surface area contributed by atoms with E-state index in [0.29, 0.717) is 12.6 Å². The highest BCUT2D eigenvalue weighted by atomic mass is 16.5. The van der Waals surface area contributed by atoms with Gasteiger partial charge in [-0.2, -0.15) is 0 Å². The summed E-state index contributed by atoms with van der Waals surface area (Å²) in [6.45, 7) is 1.77. The lowest BCUT2D eigenvalue weighted by Gasteiger charge is -2.40. The molecule has 1 rings (SSSR count). The van der Waals surface area contributed by atoms with Gasteiger partial charge in [0.2, 0.25) is 0 Å². The molecule has 4 N–H and O–H groups in total. The topological polar surface area (TPSA) is 67.5 Å². The monoisotopic (exact) mass is 216 g/mol. The van der Waals surface area contributed by atoms with Gasteiger partial charge in [-0.1, -0.05) is 0 Å². The Kier molecular flexibility index (Phi) is 5.53. The van der Waals surface area contributed by atoms with Crippen molar-refractivity contribution in [2.75, 3.05) is 26.8 Å². The fraction of sp³-hybridized carbons (Fsp3) is 1.00. The highest BCUT2D eigenvalue weighted by Gasteiger charge is 2.33. The molecule has 15 heavy (non-hydrogen) atoms. The molecule has 0 bridgehead atoms. The standard InChI is InChI=1S/C11H24N2O2/c1-15-10-3-5-11(9-12,6-4-10)13-7-2-8-14/h10,13-14H,2-9,12H2,1H3. The van der Waals surface area contributed by atoms with E-state index >= 15 is 0 Å². The van der Waals surface area contributed by atoms with Crippen molar-refractivity contribution in [1.82, 2.24) is 5.32 Å². The van der Waals surface area contributed by atoms with E-state index in [1.165, 1.54) is 0 Å². The fourth-order valence-corrected chi connectivity index (χ4v) is 2.27. The van der Waals surface area contributed by atoms with Gasteiger partial charge >= 0.3 is 0 Å². The third kappa shape index (κ3) is 3.72. The van der Waals surface area contributed by atoms with Crippen molar-refractivity contribution in [3.8, 4) is 0 Å². The van der Waals surface area contributed by atoms with Crippen LogP contribution < -0.4 is 11.1 Å². The zero-order valence-electron chi connectivity index (χ0n) is 9.67. The van der Waals surface area contributed by atoms with Gasteiger partial charge in [0.15, 0.2) is 0 Å². The van der Waals surface area contributed by atoms with Crippen LogP contribution in [0.5, 0.6) is 0 Å². The minimum Gasteiger partial charge on any atom is -0.396 e. The lowest BCUT2D eigenvalue weighted by atomic mass is 9.80. The van der Waals surface area contributed by atoms with Gasteiger partial charge in [0.25, 0.3) is 0 Å². The molecule has 0 saturated heterocycles. The van der Waals surface area contributed by atoms with Crippen molar-refractivity contribution < 1.29 is 9.84 Å². The van der Waals surface area contributed by atoms with Gasteiger partial charge < -0.3 is 20.9 Å². The largest absolute Gasteiger partial charge is 0.396 e. The van der Waals surface area contributed by atoms with E-state index in [9.17, 15) is 0 Å². The van der Waals surface area contributed by atoms with Gasteiger partial charge in [0.1, 0.15) is 0 Å². The van der Waals surface area contributed by atoms with Gasteiger partial charge in [-0.05, 0) is 38.6 Å². The average molecular weight is 216 g/mol. The van der Waals surface area contributed by atoms with Crippen LogP contribution in [-0.2, 0) is 4.74 Å². The summed E-state index contributed by atoms with van der Waals surface area (Å²) in [4.78, 5) is 0. The first-order valence-corrected chi connectivity index (χ1v) is 5.85. The maximum Gasteiger partial charge on any atom is 0.0572 e. The quantitative estimate of drug-likeness (QED) is 0.557. The highest BCUT2D eigenvalue weighted by Crippen LogP contribution is 2.28. The molecule has 0 atom stereocenters. The van der Waals surface area contributed by atoms with E-state index in [1.807, 2.05) is 0 Å². The van der Waals surface area contributed by atoms with Gasteiger partial charge in [0, 0.05) is 25.8 Å². The van der Waals surface area contributed by atoms with Crippen LogP contribution in [-0.4, -0.2) is 43.6 Å². The molecule has 0 aromatic heterocycles. The molecule has 90 valence electrons. The summed E-state index contributed by atoms with van der Waals surface area (Å²) >= 11 is 0. The van der Waals surface area contributed by atoms with Crippen LogP contribution in [0.3, 0.4) is 0 Å². The van der Waals surface area contributed by atoms with Crippen LogP contribution in [0.4, 0.5) is 0 Å². The Morgan fingerprint density at radius 3 is 2.60 bits per heavy atom. The third-order valence-electron chi connectivity index (χ3n) is 3.45. The first-order valence-electron chi connectivity index (χ1n) is 5.85. The molecule has 1 saturated carbocycles. The fourth-order valence-electron chi connectivity index (χ4n) is 2.27. The van der Waals surface area contributed by atoms with E-state index in [-0.39, 0.29) is 12.1 Å². The maximum atomic E-state index is 8.74. The average Bonchev–Trinajstić information content (AvgIpc) is 2.30. The smallest absolute Gasteiger partial charge is 0.0572 e. The van der Waals surface area contributed by atoms with E-state index < -0.39 is 0 Å². The number of nitrogens with two attached hydrogens (primary N) is 1. The Morgan fingerprint density at radius 2 is 2.13 bits per heavy atom. The molecule has 0 radical (unpaired) electrons. The second-order valence-electron chi connectivity index (χ2n) is 4.42. The number of rotatable bonds is 6. The van der Waals surface area contributed by atoms with Crippen molar-refractivity contribution in [2.45, 2.75) is 43.7 Å².